The molecule has 1 aliphatic heterocycles. The van der Waals surface area contributed by atoms with E-state index < -0.39 is 5.97 Å². The van der Waals surface area contributed by atoms with Gasteiger partial charge >= 0.3 is 5.97 Å². The van der Waals surface area contributed by atoms with Crippen LogP contribution in [0.5, 0.6) is 0 Å². The summed E-state index contributed by atoms with van der Waals surface area (Å²) in [5.41, 5.74) is 0.597. The van der Waals surface area contributed by atoms with Crippen molar-refractivity contribution in [3.8, 4) is 0 Å². The van der Waals surface area contributed by atoms with Gasteiger partial charge in [0.05, 0.1) is 0 Å². The van der Waals surface area contributed by atoms with Gasteiger partial charge in [-0.15, -0.1) is 0 Å². The van der Waals surface area contributed by atoms with Crippen LogP contribution in [0.3, 0.4) is 0 Å². The molecule has 1 aromatic carbocycles. The first-order valence-corrected chi connectivity index (χ1v) is 7.63. The molecule has 2 aliphatic rings. The van der Waals surface area contributed by atoms with Crippen molar-refractivity contribution in [2.75, 3.05) is 6.61 Å². The molecule has 120 valence electrons. The monoisotopic (exact) mass is 322 g/mol. The van der Waals surface area contributed by atoms with E-state index in [1.165, 1.54) is 0 Å². The molecule has 0 saturated heterocycles. The summed E-state index contributed by atoms with van der Waals surface area (Å²) in [6.45, 7) is -0.380. The number of carbonyl (C=O) groups is 2. The van der Waals surface area contributed by atoms with E-state index in [0.717, 1.165) is 5.39 Å². The number of esters is 1. The van der Waals surface area contributed by atoms with E-state index in [9.17, 15) is 9.59 Å². The van der Waals surface area contributed by atoms with Crippen molar-refractivity contribution in [1.82, 2.24) is 0 Å². The van der Waals surface area contributed by atoms with Crippen LogP contribution >= 0.6 is 0 Å². The van der Waals surface area contributed by atoms with Gasteiger partial charge in [0.1, 0.15) is 11.7 Å². The summed E-state index contributed by atoms with van der Waals surface area (Å²) in [6.07, 6.45) is 9.25. The number of allylic oxidation sites excluding steroid dienone is 2. The van der Waals surface area contributed by atoms with E-state index in [1.807, 2.05) is 42.5 Å². The van der Waals surface area contributed by atoms with Gasteiger partial charge in [-0.1, -0.05) is 36.4 Å². The third-order valence-corrected chi connectivity index (χ3v) is 3.97. The van der Waals surface area contributed by atoms with Crippen molar-refractivity contribution in [1.29, 1.82) is 0 Å². The quantitative estimate of drug-likeness (QED) is 0.809. The predicted octanol–water partition coefficient (Wildman–Crippen LogP) is 3.18. The molecule has 0 bridgehead atoms. The number of hydrogen-bond acceptors (Lipinski definition) is 5. The molecule has 0 N–H and O–H groups in total. The minimum Gasteiger partial charge on any atom is -0.482 e. The fourth-order valence-electron chi connectivity index (χ4n) is 2.75. The Hall–Kier alpha value is -3.08. The van der Waals surface area contributed by atoms with Gasteiger partial charge in [-0.3, -0.25) is 4.79 Å². The number of furan rings is 1. The number of carbonyl (C=O) groups excluding carboxylic acids is 2. The number of benzene rings is 1. The van der Waals surface area contributed by atoms with Crippen LogP contribution in [0.1, 0.15) is 10.6 Å². The zero-order chi connectivity index (χ0) is 16.5. The van der Waals surface area contributed by atoms with Crippen LogP contribution in [-0.4, -0.2) is 24.5 Å². The van der Waals surface area contributed by atoms with Crippen molar-refractivity contribution in [3.63, 3.8) is 0 Å². The smallest absolute Gasteiger partial charge is 0.374 e. The molecule has 0 amide bonds. The molecule has 0 saturated carbocycles. The lowest BCUT2D eigenvalue weighted by molar-refractivity contribution is -0.122. The molecule has 24 heavy (non-hydrogen) atoms. The van der Waals surface area contributed by atoms with Crippen LogP contribution in [0.15, 0.2) is 70.9 Å². The first-order chi connectivity index (χ1) is 11.7. The van der Waals surface area contributed by atoms with E-state index in [0.29, 0.717) is 5.58 Å². The van der Waals surface area contributed by atoms with Crippen LogP contribution in [0.4, 0.5) is 0 Å². The molecular weight excluding hydrogens is 308 g/mol. The molecule has 0 fully saturated rings. The zero-order valence-corrected chi connectivity index (χ0v) is 12.7. The van der Waals surface area contributed by atoms with Crippen molar-refractivity contribution >= 4 is 22.7 Å². The highest BCUT2D eigenvalue weighted by Gasteiger charge is 2.30. The van der Waals surface area contributed by atoms with Crippen LogP contribution in [0.2, 0.25) is 0 Å². The van der Waals surface area contributed by atoms with Crippen LogP contribution < -0.4 is 0 Å². The summed E-state index contributed by atoms with van der Waals surface area (Å²) in [7, 11) is 0. The Morgan fingerprint density at radius 2 is 1.96 bits per heavy atom. The van der Waals surface area contributed by atoms with Crippen LogP contribution in [0, 0.1) is 5.92 Å². The van der Waals surface area contributed by atoms with Gasteiger partial charge < -0.3 is 13.9 Å². The van der Waals surface area contributed by atoms with Crippen LogP contribution in [-0.2, 0) is 14.3 Å². The molecule has 0 unspecified atom stereocenters. The summed E-state index contributed by atoms with van der Waals surface area (Å²) < 4.78 is 16.0. The maximum Gasteiger partial charge on any atom is 0.374 e. The number of ketones is 1. The van der Waals surface area contributed by atoms with Gasteiger partial charge in [0.25, 0.3) is 0 Å². The molecule has 2 heterocycles. The number of hydrogen-bond donors (Lipinski definition) is 0. The normalized spacial score (nSPS) is 21.2. The lowest BCUT2D eigenvalue weighted by atomic mass is 9.99. The van der Waals surface area contributed by atoms with Gasteiger partial charge in [-0.2, -0.15) is 0 Å². The number of fused-ring (bicyclic) bond motifs is 2. The first-order valence-electron chi connectivity index (χ1n) is 7.63. The minimum absolute atomic E-state index is 0.0556. The third kappa shape index (κ3) is 2.65. The second-order valence-corrected chi connectivity index (χ2v) is 5.61. The van der Waals surface area contributed by atoms with Crippen molar-refractivity contribution in [3.05, 3.63) is 72.2 Å². The highest BCUT2D eigenvalue weighted by molar-refractivity contribution is 5.98. The first kappa shape index (κ1) is 14.5. The second-order valence-electron chi connectivity index (χ2n) is 5.61. The highest BCUT2D eigenvalue weighted by atomic mass is 16.6. The zero-order valence-electron chi connectivity index (χ0n) is 12.7. The second kappa shape index (κ2) is 5.85. The molecule has 1 aliphatic carbocycles. The largest absolute Gasteiger partial charge is 0.482 e. The van der Waals surface area contributed by atoms with E-state index in [2.05, 4.69) is 0 Å². The molecule has 2 atom stereocenters. The fourth-order valence-corrected chi connectivity index (χ4v) is 2.75. The lowest BCUT2D eigenvalue weighted by Crippen LogP contribution is -2.18. The van der Waals surface area contributed by atoms with E-state index in [4.69, 9.17) is 13.9 Å². The summed E-state index contributed by atoms with van der Waals surface area (Å²) in [5, 5.41) is 0.806. The van der Waals surface area contributed by atoms with Gasteiger partial charge in [0.2, 0.25) is 11.5 Å². The Bertz CT molecular complexity index is 866. The van der Waals surface area contributed by atoms with E-state index in [1.54, 1.807) is 18.2 Å². The Kier molecular flexibility index (Phi) is 3.54. The van der Waals surface area contributed by atoms with Crippen LogP contribution in [0.25, 0.3) is 11.0 Å². The Balaban J connectivity index is 1.39. The Labute approximate surface area is 137 Å². The number of para-hydroxylation sites is 1. The van der Waals surface area contributed by atoms with Gasteiger partial charge in [0.15, 0.2) is 12.4 Å². The number of Topliss-reactive ketones (excluding diaryl/α,β-unsaturated/α-hetero) is 1. The maximum atomic E-state index is 12.1. The minimum atomic E-state index is -0.671. The Morgan fingerprint density at radius 1 is 1.12 bits per heavy atom. The predicted molar refractivity (Wildman–Crippen MR) is 86.2 cm³/mol. The number of ether oxygens (including phenoxy) is 2. The molecule has 1 aromatic heterocycles. The molecule has 5 nitrogen and oxygen atoms in total. The molecule has 4 rings (SSSR count). The van der Waals surface area contributed by atoms with E-state index >= 15 is 0 Å². The van der Waals surface area contributed by atoms with Gasteiger partial charge in [-0.05, 0) is 24.3 Å². The SMILES string of the molecule is O=C(COC(=O)c1cc2ccccc2o1)C1=C[C@@H]2C=CC=C[C@H]2O1. The van der Waals surface area contributed by atoms with Gasteiger partial charge in [-0.25, -0.2) is 4.79 Å². The Morgan fingerprint density at radius 3 is 2.79 bits per heavy atom. The molecule has 0 radical (unpaired) electrons. The summed E-state index contributed by atoms with van der Waals surface area (Å²) in [4.78, 5) is 24.2. The van der Waals surface area contributed by atoms with Crippen molar-refractivity contribution in [2.45, 2.75) is 6.10 Å². The third-order valence-electron chi connectivity index (χ3n) is 3.97. The topological polar surface area (TPSA) is 65.7 Å². The average Bonchev–Trinajstić information content (AvgIpc) is 3.23. The highest BCUT2D eigenvalue weighted by Crippen LogP contribution is 2.28. The van der Waals surface area contributed by atoms with Crippen molar-refractivity contribution < 1.29 is 23.5 Å². The summed E-state index contributed by atoms with van der Waals surface area (Å²) in [6, 6.07) is 8.86. The van der Waals surface area contributed by atoms with E-state index in [-0.39, 0.29) is 35.9 Å². The number of rotatable bonds is 4. The molecule has 5 heteroatoms. The molecular formula is C19H14O5. The lowest BCUT2D eigenvalue weighted by Gasteiger charge is -2.14. The standard InChI is InChI=1S/C19H14O5/c20-14(17-9-12-5-1-3-7-15(12)23-17)11-22-19(21)18-10-13-6-2-4-8-16(13)24-18/h1-10,12,15H,11H2/t12-,15+/m0/s1. The fraction of sp³-hybridized carbons (Fsp3) is 0.158. The molecule has 0 spiro atoms. The summed E-state index contributed by atoms with van der Waals surface area (Å²) >= 11 is 0. The van der Waals surface area contributed by atoms with Gasteiger partial charge in [0, 0.05) is 11.3 Å². The molecule has 2 aromatic rings. The average molecular weight is 322 g/mol. The maximum absolute atomic E-state index is 12.1. The van der Waals surface area contributed by atoms with Crippen molar-refractivity contribution in [2.24, 2.45) is 5.92 Å². The summed E-state index contributed by atoms with van der Waals surface area (Å²) in [5.74, 6) is -0.672.